The van der Waals surface area contributed by atoms with Gasteiger partial charge < -0.3 is 14.9 Å². The molecule has 1 heterocycles. The van der Waals surface area contributed by atoms with E-state index in [1.54, 1.807) is 12.1 Å². The molecule has 11 heteroatoms. The van der Waals surface area contributed by atoms with Crippen LogP contribution in [0.5, 0.6) is 0 Å². The van der Waals surface area contributed by atoms with Gasteiger partial charge in [0.15, 0.2) is 0 Å². The Morgan fingerprint density at radius 2 is 1.63 bits per heavy atom. The minimum atomic E-state index is -4.99. The van der Waals surface area contributed by atoms with Crippen LogP contribution in [0, 0.1) is 12.8 Å². The number of aryl methyl sites for hydroxylation is 1. The standard InChI is InChI=1S/C24H24F6N2O3/c1-14-4-3-5-16(8-14)20-13-32(22(34)35)7-6-19(20)21(33)31(2)12-15-9-17(23(25,26)27)11-18(10-15)24(28,29)30/h3-5,8-11,19-20H,6-7,12-13H2,1-2H3,(H,34,35). The Bertz CT molecular complexity index is 1070. The van der Waals surface area contributed by atoms with Crippen molar-refractivity contribution in [1.29, 1.82) is 0 Å². The first kappa shape index (κ1) is 26.4. The minimum absolute atomic E-state index is 0.0424. The molecule has 0 aliphatic carbocycles. The summed E-state index contributed by atoms with van der Waals surface area (Å²) in [6.45, 7) is 1.51. The zero-order valence-corrected chi connectivity index (χ0v) is 19.0. The highest BCUT2D eigenvalue weighted by molar-refractivity contribution is 5.80. The van der Waals surface area contributed by atoms with E-state index in [1.165, 1.54) is 11.9 Å². The van der Waals surface area contributed by atoms with Gasteiger partial charge in [-0.3, -0.25) is 4.79 Å². The molecule has 2 aromatic rings. The number of benzene rings is 2. The molecule has 5 nitrogen and oxygen atoms in total. The summed E-state index contributed by atoms with van der Waals surface area (Å²) in [5.74, 6) is -1.68. The number of alkyl halides is 6. The number of rotatable bonds is 4. The maximum atomic E-state index is 13.3. The zero-order valence-electron chi connectivity index (χ0n) is 19.0. The fourth-order valence-electron chi connectivity index (χ4n) is 4.41. The molecular weight excluding hydrogens is 478 g/mol. The molecule has 35 heavy (non-hydrogen) atoms. The van der Waals surface area contributed by atoms with E-state index < -0.39 is 53.9 Å². The highest BCUT2D eigenvalue weighted by atomic mass is 19.4. The second kappa shape index (κ2) is 9.79. The average Bonchev–Trinajstić information content (AvgIpc) is 2.76. The number of nitrogens with zero attached hydrogens (tertiary/aromatic N) is 2. The lowest BCUT2D eigenvalue weighted by Gasteiger charge is -2.38. The van der Waals surface area contributed by atoms with Gasteiger partial charge in [0.2, 0.25) is 5.91 Å². The Labute approximate surface area is 197 Å². The van der Waals surface area contributed by atoms with Gasteiger partial charge in [-0.05, 0) is 42.7 Å². The van der Waals surface area contributed by atoms with Crippen LogP contribution in [0.4, 0.5) is 31.1 Å². The molecule has 1 aliphatic rings. The van der Waals surface area contributed by atoms with Crippen LogP contribution in [0.25, 0.3) is 0 Å². The highest BCUT2D eigenvalue weighted by Gasteiger charge is 2.39. The fraction of sp³-hybridized carbons (Fsp3) is 0.417. The van der Waals surface area contributed by atoms with E-state index in [0.717, 1.165) is 16.0 Å². The summed E-state index contributed by atoms with van der Waals surface area (Å²) >= 11 is 0. The summed E-state index contributed by atoms with van der Waals surface area (Å²) in [6, 6.07) is 8.46. The number of carboxylic acid groups (broad SMARTS) is 1. The van der Waals surface area contributed by atoms with Gasteiger partial charge in [-0.25, -0.2) is 4.79 Å². The molecule has 0 saturated carbocycles. The summed E-state index contributed by atoms with van der Waals surface area (Å²) in [5, 5.41) is 9.42. The lowest BCUT2D eigenvalue weighted by molar-refractivity contribution is -0.143. The van der Waals surface area contributed by atoms with E-state index >= 15 is 0 Å². The summed E-state index contributed by atoms with van der Waals surface area (Å²) in [4.78, 5) is 27.1. The van der Waals surface area contributed by atoms with Crippen LogP contribution in [0.1, 0.15) is 40.2 Å². The lowest BCUT2D eigenvalue weighted by Crippen LogP contribution is -2.47. The summed E-state index contributed by atoms with van der Waals surface area (Å²) in [6.07, 6.45) is -10.9. The van der Waals surface area contributed by atoms with Crippen LogP contribution in [0.2, 0.25) is 0 Å². The predicted octanol–water partition coefficient (Wildman–Crippen LogP) is 5.77. The number of carbonyl (C=O) groups excluding carboxylic acids is 1. The van der Waals surface area contributed by atoms with Gasteiger partial charge in [-0.2, -0.15) is 26.3 Å². The molecule has 0 spiro atoms. The number of halogens is 6. The third kappa shape index (κ3) is 6.26. The van der Waals surface area contributed by atoms with Crippen molar-refractivity contribution in [3.8, 4) is 0 Å². The van der Waals surface area contributed by atoms with Crippen LogP contribution >= 0.6 is 0 Å². The molecular formula is C24H24F6N2O3. The summed E-state index contributed by atoms with van der Waals surface area (Å²) < 4.78 is 79.2. The first-order valence-corrected chi connectivity index (χ1v) is 10.7. The van der Waals surface area contributed by atoms with Crippen LogP contribution < -0.4 is 0 Å². The number of hydrogen-bond donors (Lipinski definition) is 1. The Balaban J connectivity index is 1.89. The molecule has 3 rings (SSSR count). The largest absolute Gasteiger partial charge is 0.465 e. The van der Waals surface area contributed by atoms with Gasteiger partial charge in [-0.15, -0.1) is 0 Å². The van der Waals surface area contributed by atoms with Gasteiger partial charge in [-0.1, -0.05) is 29.8 Å². The number of piperidine rings is 1. The molecule has 2 amide bonds. The monoisotopic (exact) mass is 502 g/mol. The predicted molar refractivity (Wildman–Crippen MR) is 115 cm³/mol. The molecule has 190 valence electrons. The van der Waals surface area contributed by atoms with Crippen molar-refractivity contribution in [2.45, 2.75) is 38.2 Å². The van der Waals surface area contributed by atoms with Crippen molar-refractivity contribution in [3.05, 3.63) is 70.3 Å². The van der Waals surface area contributed by atoms with Gasteiger partial charge in [0.05, 0.1) is 11.1 Å². The topological polar surface area (TPSA) is 60.9 Å². The first-order chi connectivity index (χ1) is 16.2. The van der Waals surface area contributed by atoms with Crippen LogP contribution in [-0.2, 0) is 23.7 Å². The van der Waals surface area contributed by atoms with Crippen molar-refractivity contribution in [2.75, 3.05) is 20.1 Å². The molecule has 2 atom stereocenters. The lowest BCUT2D eigenvalue weighted by atomic mass is 9.79. The van der Waals surface area contributed by atoms with Crippen molar-refractivity contribution in [2.24, 2.45) is 5.92 Å². The van der Waals surface area contributed by atoms with Gasteiger partial charge >= 0.3 is 18.4 Å². The molecule has 1 aliphatic heterocycles. The van der Waals surface area contributed by atoms with E-state index in [4.69, 9.17) is 0 Å². The van der Waals surface area contributed by atoms with Crippen molar-refractivity contribution >= 4 is 12.0 Å². The molecule has 2 unspecified atom stereocenters. The summed E-state index contributed by atoms with van der Waals surface area (Å²) in [7, 11) is 1.31. The second-order valence-corrected chi connectivity index (χ2v) is 8.75. The number of likely N-dealkylation sites (tertiary alicyclic amines) is 1. The van der Waals surface area contributed by atoms with Gasteiger partial charge in [0.1, 0.15) is 0 Å². The third-order valence-corrected chi connectivity index (χ3v) is 6.11. The number of amides is 2. The third-order valence-electron chi connectivity index (χ3n) is 6.11. The zero-order chi connectivity index (χ0) is 26.1. The first-order valence-electron chi connectivity index (χ1n) is 10.7. The molecule has 0 bridgehead atoms. The van der Waals surface area contributed by atoms with Crippen molar-refractivity contribution in [1.82, 2.24) is 9.80 Å². The molecule has 0 aromatic heterocycles. The maximum absolute atomic E-state index is 13.3. The molecule has 2 aromatic carbocycles. The Kier molecular flexibility index (Phi) is 7.37. The van der Waals surface area contributed by atoms with Crippen molar-refractivity contribution in [3.63, 3.8) is 0 Å². The van der Waals surface area contributed by atoms with E-state index in [9.17, 15) is 41.0 Å². The Hall–Kier alpha value is -3.24. The van der Waals surface area contributed by atoms with Crippen molar-refractivity contribution < 1.29 is 41.0 Å². The second-order valence-electron chi connectivity index (χ2n) is 8.75. The fourth-order valence-corrected chi connectivity index (χ4v) is 4.41. The smallest absolute Gasteiger partial charge is 0.416 e. The number of hydrogen-bond acceptors (Lipinski definition) is 2. The highest BCUT2D eigenvalue weighted by Crippen LogP contribution is 2.37. The van der Waals surface area contributed by atoms with Gasteiger partial charge in [0, 0.05) is 38.5 Å². The van der Waals surface area contributed by atoms with E-state index in [1.807, 2.05) is 19.1 Å². The van der Waals surface area contributed by atoms with Gasteiger partial charge in [0.25, 0.3) is 0 Å². The molecule has 0 radical (unpaired) electrons. The quantitative estimate of drug-likeness (QED) is 0.540. The SMILES string of the molecule is Cc1cccc(C2CN(C(=O)O)CCC2C(=O)N(C)Cc2cc(C(F)(F)F)cc(C(F)(F)F)c2)c1. The van der Waals surface area contributed by atoms with Crippen LogP contribution in [0.3, 0.4) is 0 Å². The Morgan fingerprint density at radius 1 is 1.03 bits per heavy atom. The Morgan fingerprint density at radius 3 is 2.14 bits per heavy atom. The summed E-state index contributed by atoms with van der Waals surface area (Å²) in [5.41, 5.74) is -1.57. The van der Waals surface area contributed by atoms with Crippen LogP contribution in [0.15, 0.2) is 42.5 Å². The minimum Gasteiger partial charge on any atom is -0.465 e. The van der Waals surface area contributed by atoms with E-state index in [0.29, 0.717) is 12.1 Å². The van der Waals surface area contributed by atoms with E-state index in [-0.39, 0.29) is 31.1 Å². The molecule has 1 fully saturated rings. The van der Waals surface area contributed by atoms with E-state index in [2.05, 4.69) is 0 Å². The molecule has 1 saturated heterocycles. The average molecular weight is 502 g/mol. The normalized spacial score (nSPS) is 18.9. The number of carbonyl (C=O) groups is 2. The molecule has 1 N–H and O–H groups in total. The van der Waals surface area contributed by atoms with Crippen LogP contribution in [-0.4, -0.2) is 47.0 Å². The maximum Gasteiger partial charge on any atom is 0.416 e.